The highest BCUT2D eigenvalue weighted by molar-refractivity contribution is 7.80. The highest BCUT2D eigenvalue weighted by Gasteiger charge is 2.23. The van der Waals surface area contributed by atoms with Crippen molar-refractivity contribution in [3.8, 4) is 0 Å². The molecule has 0 rings (SSSR count). The molecule has 0 saturated carbocycles. The molecule has 0 saturated heterocycles. The summed E-state index contributed by atoms with van der Waals surface area (Å²) in [6.07, 6.45) is 1.26. The molecule has 2 unspecified atom stereocenters. The molecule has 9 N–H and O–H groups in total. The Hall–Kier alpha value is -2.87. The van der Waals surface area contributed by atoms with E-state index in [2.05, 4.69) is 39.2 Å². The minimum absolute atomic E-state index is 0.0236. The standard InChI is InChI=1S/C17H31N7O6S/c1-10(25)23-11(17(30)24-12(9-31)16(19)29)4-2-3-5-20-14(27)7-22-15(28)8-21-13(26)6-18/h11-12,31H,2-9,18H2,1H3,(H2,19,29)(H,20,27)(H,21,26)(H,22,28)(H,23,25)(H,24,30). The summed E-state index contributed by atoms with van der Waals surface area (Å²) in [5, 5.41) is 12.1. The van der Waals surface area contributed by atoms with E-state index < -0.39 is 47.5 Å². The first-order valence-electron chi connectivity index (χ1n) is 9.58. The Morgan fingerprint density at radius 1 is 0.839 bits per heavy atom. The predicted octanol–water partition coefficient (Wildman–Crippen LogP) is -4.13. The van der Waals surface area contributed by atoms with Gasteiger partial charge in [0.05, 0.1) is 19.6 Å². The van der Waals surface area contributed by atoms with Gasteiger partial charge in [0.1, 0.15) is 12.1 Å². The second-order valence-electron chi connectivity index (χ2n) is 6.50. The molecule has 0 aliphatic rings. The first-order chi connectivity index (χ1) is 14.6. The second-order valence-corrected chi connectivity index (χ2v) is 6.87. The van der Waals surface area contributed by atoms with Crippen molar-refractivity contribution in [3.63, 3.8) is 0 Å². The van der Waals surface area contributed by atoms with E-state index in [0.717, 1.165) is 0 Å². The maximum Gasteiger partial charge on any atom is 0.243 e. The third kappa shape index (κ3) is 13.9. The number of carbonyl (C=O) groups excluding carboxylic acids is 6. The SMILES string of the molecule is CC(=O)NC(CCCCNC(=O)CNC(=O)CNC(=O)CN)C(=O)NC(CS)C(N)=O. The third-order valence-corrected chi connectivity index (χ3v) is 4.22. The Labute approximate surface area is 185 Å². The average Bonchev–Trinajstić information content (AvgIpc) is 2.72. The fourth-order valence-electron chi connectivity index (χ4n) is 2.25. The normalized spacial score (nSPS) is 12.1. The molecule has 13 nitrogen and oxygen atoms in total. The minimum atomic E-state index is -0.954. The van der Waals surface area contributed by atoms with Crippen LogP contribution in [0.5, 0.6) is 0 Å². The van der Waals surface area contributed by atoms with Gasteiger partial charge < -0.3 is 38.1 Å². The highest BCUT2D eigenvalue weighted by atomic mass is 32.1. The van der Waals surface area contributed by atoms with E-state index in [4.69, 9.17) is 11.5 Å². The van der Waals surface area contributed by atoms with Crippen molar-refractivity contribution in [1.29, 1.82) is 0 Å². The molecule has 0 aromatic carbocycles. The van der Waals surface area contributed by atoms with Crippen LogP contribution in [0.25, 0.3) is 0 Å². The largest absolute Gasteiger partial charge is 0.368 e. The summed E-state index contributed by atoms with van der Waals surface area (Å²) in [7, 11) is 0. The summed E-state index contributed by atoms with van der Waals surface area (Å²) in [4.78, 5) is 68.9. The molecule has 176 valence electrons. The van der Waals surface area contributed by atoms with Crippen molar-refractivity contribution < 1.29 is 28.8 Å². The average molecular weight is 462 g/mol. The number of hydrogen-bond acceptors (Lipinski definition) is 8. The van der Waals surface area contributed by atoms with Gasteiger partial charge in [0.15, 0.2) is 0 Å². The van der Waals surface area contributed by atoms with E-state index in [1.165, 1.54) is 6.92 Å². The van der Waals surface area contributed by atoms with Crippen molar-refractivity contribution in [1.82, 2.24) is 26.6 Å². The number of hydrogen-bond donors (Lipinski definition) is 8. The predicted molar refractivity (Wildman–Crippen MR) is 115 cm³/mol. The maximum absolute atomic E-state index is 12.3. The maximum atomic E-state index is 12.3. The summed E-state index contributed by atoms with van der Waals surface area (Å²) in [5.74, 6) is -3.11. The Bertz CT molecular complexity index is 661. The Balaban J connectivity index is 4.23. The number of nitrogens with two attached hydrogens (primary N) is 2. The summed E-state index contributed by atoms with van der Waals surface area (Å²) in [5.41, 5.74) is 10.3. The zero-order valence-corrected chi connectivity index (χ0v) is 18.3. The fraction of sp³-hybridized carbons (Fsp3) is 0.647. The number of amides is 6. The van der Waals surface area contributed by atoms with Crippen LogP contribution in [-0.2, 0) is 28.8 Å². The molecule has 0 aliphatic carbocycles. The lowest BCUT2D eigenvalue weighted by Gasteiger charge is -2.20. The van der Waals surface area contributed by atoms with Gasteiger partial charge in [0.2, 0.25) is 35.4 Å². The molecule has 0 aliphatic heterocycles. The van der Waals surface area contributed by atoms with Crippen LogP contribution < -0.4 is 38.1 Å². The zero-order valence-electron chi connectivity index (χ0n) is 17.4. The lowest BCUT2D eigenvalue weighted by atomic mass is 10.1. The molecule has 0 aromatic rings. The molecule has 0 radical (unpaired) electrons. The number of nitrogens with one attached hydrogen (secondary N) is 5. The van der Waals surface area contributed by atoms with Gasteiger partial charge in [0.25, 0.3) is 0 Å². The second kappa shape index (κ2) is 15.9. The molecule has 0 aromatic heterocycles. The van der Waals surface area contributed by atoms with Crippen LogP contribution in [0.15, 0.2) is 0 Å². The van der Waals surface area contributed by atoms with Crippen LogP contribution in [0.2, 0.25) is 0 Å². The molecule has 31 heavy (non-hydrogen) atoms. The minimum Gasteiger partial charge on any atom is -0.368 e. The molecule has 0 bridgehead atoms. The summed E-state index contributed by atoms with van der Waals surface area (Å²) < 4.78 is 0. The monoisotopic (exact) mass is 461 g/mol. The van der Waals surface area contributed by atoms with Crippen LogP contribution >= 0.6 is 12.6 Å². The van der Waals surface area contributed by atoms with Crippen molar-refractivity contribution in [3.05, 3.63) is 0 Å². The van der Waals surface area contributed by atoms with Crippen LogP contribution in [0, 0.1) is 0 Å². The van der Waals surface area contributed by atoms with Crippen molar-refractivity contribution >= 4 is 48.1 Å². The molecular weight excluding hydrogens is 430 g/mol. The number of rotatable bonds is 15. The van der Waals surface area contributed by atoms with Gasteiger partial charge in [-0.05, 0) is 19.3 Å². The first kappa shape index (κ1) is 28.1. The van der Waals surface area contributed by atoms with Crippen molar-refractivity contribution in [2.45, 2.75) is 38.3 Å². The lowest BCUT2D eigenvalue weighted by Crippen LogP contribution is -2.53. The van der Waals surface area contributed by atoms with E-state index >= 15 is 0 Å². The Morgan fingerprint density at radius 3 is 1.94 bits per heavy atom. The van der Waals surface area contributed by atoms with Crippen molar-refractivity contribution in [2.75, 3.05) is 31.9 Å². The van der Waals surface area contributed by atoms with E-state index in [0.29, 0.717) is 12.8 Å². The molecule has 0 fully saturated rings. The van der Waals surface area contributed by atoms with Gasteiger partial charge in [0, 0.05) is 19.2 Å². The Kier molecular flexibility index (Phi) is 14.4. The number of primary amides is 1. The molecule has 0 spiro atoms. The van der Waals surface area contributed by atoms with Gasteiger partial charge in [-0.1, -0.05) is 0 Å². The molecule has 0 heterocycles. The van der Waals surface area contributed by atoms with E-state index in [1.807, 2.05) is 0 Å². The smallest absolute Gasteiger partial charge is 0.243 e. The summed E-state index contributed by atoms with van der Waals surface area (Å²) >= 11 is 3.95. The molecule has 2 atom stereocenters. The summed E-state index contributed by atoms with van der Waals surface area (Å²) in [6, 6.07) is -1.82. The van der Waals surface area contributed by atoms with Crippen LogP contribution in [-0.4, -0.2) is 79.5 Å². The zero-order chi connectivity index (χ0) is 23.8. The van der Waals surface area contributed by atoms with E-state index in [1.54, 1.807) is 0 Å². The fourth-order valence-corrected chi connectivity index (χ4v) is 2.52. The lowest BCUT2D eigenvalue weighted by molar-refractivity contribution is -0.130. The third-order valence-electron chi connectivity index (χ3n) is 3.86. The number of carbonyl (C=O) groups is 6. The first-order valence-corrected chi connectivity index (χ1v) is 10.2. The molecule has 14 heteroatoms. The van der Waals surface area contributed by atoms with Gasteiger partial charge in [-0.25, -0.2) is 0 Å². The van der Waals surface area contributed by atoms with Gasteiger partial charge in [-0.15, -0.1) is 0 Å². The molecule has 6 amide bonds. The van der Waals surface area contributed by atoms with Crippen LogP contribution in [0.3, 0.4) is 0 Å². The topological polar surface area (TPSA) is 215 Å². The van der Waals surface area contributed by atoms with Crippen molar-refractivity contribution in [2.24, 2.45) is 11.5 Å². The summed E-state index contributed by atoms with van der Waals surface area (Å²) in [6.45, 7) is 0.777. The number of unbranched alkanes of at least 4 members (excludes halogenated alkanes) is 1. The Morgan fingerprint density at radius 2 is 1.42 bits per heavy atom. The van der Waals surface area contributed by atoms with E-state index in [-0.39, 0.29) is 38.4 Å². The van der Waals surface area contributed by atoms with Gasteiger partial charge in [-0.2, -0.15) is 12.6 Å². The number of thiol groups is 1. The van der Waals surface area contributed by atoms with E-state index in [9.17, 15) is 28.8 Å². The quantitative estimate of drug-likeness (QED) is 0.0889. The molecular formula is C17H31N7O6S. The van der Waals surface area contributed by atoms with Crippen LogP contribution in [0.4, 0.5) is 0 Å². The van der Waals surface area contributed by atoms with Gasteiger partial charge in [-0.3, -0.25) is 28.8 Å². The van der Waals surface area contributed by atoms with Gasteiger partial charge >= 0.3 is 0 Å². The van der Waals surface area contributed by atoms with Crippen LogP contribution in [0.1, 0.15) is 26.2 Å². The highest BCUT2D eigenvalue weighted by Crippen LogP contribution is 2.02.